The summed E-state index contributed by atoms with van der Waals surface area (Å²) in [5.74, 6) is -0.452. The molecule has 0 aliphatic carbocycles. The summed E-state index contributed by atoms with van der Waals surface area (Å²) >= 11 is 0. The molecule has 1 aromatic heterocycles. The van der Waals surface area contributed by atoms with Crippen molar-refractivity contribution in [2.75, 3.05) is 27.3 Å². The van der Waals surface area contributed by atoms with Crippen molar-refractivity contribution >= 4 is 5.91 Å². The number of nitrogens with zero attached hydrogens (tertiary/aromatic N) is 3. The standard InChI is InChI=1S/C27H30FN3O5/c1-4-5-9-22-29-25(32)23(27(34)31(22)24-20(35-2)7-6-8-21(24)36-3)26(33)30-15-14-18(16-30)17-10-12-19(28)13-11-17/h6-8,10-13,18,32H,4-5,9,14-16H2,1-3H3. The first-order valence-corrected chi connectivity index (χ1v) is 12.0. The third-order valence-corrected chi connectivity index (χ3v) is 6.54. The number of hydrogen-bond donors (Lipinski definition) is 1. The molecule has 1 N–H and O–H groups in total. The number of hydrogen-bond acceptors (Lipinski definition) is 6. The Bertz CT molecular complexity index is 1280. The highest BCUT2D eigenvalue weighted by atomic mass is 19.1. The molecule has 1 fully saturated rings. The SMILES string of the molecule is CCCCc1nc(O)c(C(=O)N2CCC(c3ccc(F)cc3)C2)c(=O)n1-c1c(OC)cccc1OC. The molecule has 0 bridgehead atoms. The van der Waals surface area contributed by atoms with Gasteiger partial charge in [0, 0.05) is 25.4 Å². The maximum absolute atomic E-state index is 13.9. The Kier molecular flexibility index (Phi) is 7.57. The predicted octanol–water partition coefficient (Wildman–Crippen LogP) is 4.07. The molecule has 1 saturated heterocycles. The van der Waals surface area contributed by atoms with Gasteiger partial charge in [-0.25, -0.2) is 4.39 Å². The van der Waals surface area contributed by atoms with Crippen LogP contribution in [0.5, 0.6) is 17.4 Å². The van der Waals surface area contributed by atoms with Gasteiger partial charge in [0.25, 0.3) is 11.5 Å². The van der Waals surface area contributed by atoms with E-state index in [2.05, 4.69) is 4.98 Å². The predicted molar refractivity (Wildman–Crippen MR) is 133 cm³/mol. The molecule has 2 aromatic carbocycles. The smallest absolute Gasteiger partial charge is 0.275 e. The van der Waals surface area contributed by atoms with Crippen LogP contribution in [0, 0.1) is 5.82 Å². The van der Waals surface area contributed by atoms with E-state index in [1.54, 1.807) is 30.3 Å². The summed E-state index contributed by atoms with van der Waals surface area (Å²) in [5.41, 5.74) is 0.153. The van der Waals surface area contributed by atoms with E-state index in [9.17, 15) is 19.1 Å². The van der Waals surface area contributed by atoms with E-state index in [1.807, 2.05) is 6.92 Å². The van der Waals surface area contributed by atoms with Gasteiger partial charge in [-0.3, -0.25) is 14.2 Å². The van der Waals surface area contributed by atoms with Crippen molar-refractivity contribution < 1.29 is 23.8 Å². The maximum Gasteiger partial charge on any atom is 0.275 e. The molecule has 0 radical (unpaired) electrons. The summed E-state index contributed by atoms with van der Waals surface area (Å²) < 4.78 is 25.7. The number of methoxy groups -OCH3 is 2. The number of rotatable bonds is 8. The summed E-state index contributed by atoms with van der Waals surface area (Å²) in [7, 11) is 2.96. The van der Waals surface area contributed by atoms with Crippen LogP contribution in [0.25, 0.3) is 5.69 Å². The Labute approximate surface area is 208 Å². The van der Waals surface area contributed by atoms with Crippen molar-refractivity contribution in [2.45, 2.75) is 38.5 Å². The number of para-hydroxylation sites is 1. The molecule has 3 aromatic rings. The molecule has 0 spiro atoms. The molecule has 4 rings (SSSR count). The number of benzene rings is 2. The summed E-state index contributed by atoms with van der Waals surface area (Å²) in [5, 5.41) is 10.8. The molecule has 190 valence electrons. The van der Waals surface area contributed by atoms with Crippen LogP contribution in [-0.2, 0) is 6.42 Å². The first-order chi connectivity index (χ1) is 17.4. The Morgan fingerprint density at radius 3 is 2.42 bits per heavy atom. The van der Waals surface area contributed by atoms with Gasteiger partial charge in [-0.05, 0) is 42.7 Å². The highest BCUT2D eigenvalue weighted by molar-refractivity contribution is 5.96. The second-order valence-corrected chi connectivity index (χ2v) is 8.77. The fraction of sp³-hybridized carbons (Fsp3) is 0.370. The van der Waals surface area contributed by atoms with Crippen LogP contribution in [0.3, 0.4) is 0 Å². The minimum Gasteiger partial charge on any atom is -0.494 e. The molecule has 0 saturated carbocycles. The molecule has 1 aliphatic rings. The number of likely N-dealkylation sites (tertiary alicyclic amines) is 1. The number of ether oxygens (including phenoxy) is 2. The van der Waals surface area contributed by atoms with Crippen LogP contribution in [0.2, 0.25) is 0 Å². The van der Waals surface area contributed by atoms with Crippen LogP contribution in [-0.4, -0.2) is 52.8 Å². The van der Waals surface area contributed by atoms with E-state index in [0.29, 0.717) is 48.9 Å². The molecule has 2 heterocycles. The number of carbonyl (C=O) groups excluding carboxylic acids is 1. The lowest BCUT2D eigenvalue weighted by Crippen LogP contribution is -2.37. The van der Waals surface area contributed by atoms with Crippen molar-refractivity contribution in [3.63, 3.8) is 0 Å². The van der Waals surface area contributed by atoms with Gasteiger partial charge in [0.2, 0.25) is 5.88 Å². The number of carbonyl (C=O) groups is 1. The third kappa shape index (κ3) is 4.78. The van der Waals surface area contributed by atoms with Crippen LogP contribution in [0.1, 0.15) is 53.8 Å². The zero-order valence-corrected chi connectivity index (χ0v) is 20.7. The fourth-order valence-corrected chi connectivity index (χ4v) is 4.64. The zero-order chi connectivity index (χ0) is 25.8. The molecule has 1 unspecified atom stereocenters. The van der Waals surface area contributed by atoms with Crippen LogP contribution in [0.4, 0.5) is 4.39 Å². The Hall–Kier alpha value is -3.88. The number of aromatic hydroxyl groups is 1. The molecule has 9 heteroatoms. The second kappa shape index (κ2) is 10.8. The largest absolute Gasteiger partial charge is 0.494 e. The van der Waals surface area contributed by atoms with Crippen molar-refractivity contribution in [3.05, 3.63) is 75.6 Å². The second-order valence-electron chi connectivity index (χ2n) is 8.77. The number of aryl methyl sites for hydroxylation is 1. The van der Waals surface area contributed by atoms with Crippen molar-refractivity contribution in [1.82, 2.24) is 14.5 Å². The average Bonchev–Trinajstić information content (AvgIpc) is 3.38. The van der Waals surface area contributed by atoms with Gasteiger partial charge < -0.3 is 19.5 Å². The van der Waals surface area contributed by atoms with Crippen molar-refractivity contribution in [3.8, 4) is 23.1 Å². The lowest BCUT2D eigenvalue weighted by atomic mass is 9.99. The van der Waals surface area contributed by atoms with Crippen LogP contribution in [0.15, 0.2) is 47.3 Å². The van der Waals surface area contributed by atoms with Crippen LogP contribution >= 0.6 is 0 Å². The monoisotopic (exact) mass is 495 g/mol. The number of unbranched alkanes of at least 4 members (excludes halogenated alkanes) is 1. The van der Waals surface area contributed by atoms with E-state index in [1.165, 1.54) is 35.8 Å². The van der Waals surface area contributed by atoms with E-state index in [-0.39, 0.29) is 11.7 Å². The molecule has 8 nitrogen and oxygen atoms in total. The Balaban J connectivity index is 1.78. The van der Waals surface area contributed by atoms with Gasteiger partial charge in [-0.1, -0.05) is 31.5 Å². The van der Waals surface area contributed by atoms with Gasteiger partial charge in [0.05, 0.1) is 14.2 Å². The summed E-state index contributed by atoms with van der Waals surface area (Å²) in [6.07, 6.45) is 2.64. The van der Waals surface area contributed by atoms with E-state index in [4.69, 9.17) is 9.47 Å². The molecule has 1 atom stereocenters. The first kappa shape index (κ1) is 25.2. The normalized spacial score (nSPS) is 15.2. The highest BCUT2D eigenvalue weighted by Crippen LogP contribution is 2.34. The summed E-state index contributed by atoms with van der Waals surface area (Å²) in [6, 6.07) is 11.3. The zero-order valence-electron chi connectivity index (χ0n) is 20.7. The Morgan fingerprint density at radius 2 is 1.81 bits per heavy atom. The third-order valence-electron chi connectivity index (χ3n) is 6.54. The summed E-state index contributed by atoms with van der Waals surface area (Å²) in [4.78, 5) is 33.2. The lowest BCUT2D eigenvalue weighted by molar-refractivity contribution is 0.0784. The van der Waals surface area contributed by atoms with Crippen molar-refractivity contribution in [2.24, 2.45) is 0 Å². The molecule has 1 amide bonds. The van der Waals surface area contributed by atoms with Crippen LogP contribution < -0.4 is 15.0 Å². The van der Waals surface area contributed by atoms with E-state index >= 15 is 0 Å². The minimum atomic E-state index is -0.688. The lowest BCUT2D eigenvalue weighted by Gasteiger charge is -2.21. The first-order valence-electron chi connectivity index (χ1n) is 12.0. The van der Waals surface area contributed by atoms with Crippen molar-refractivity contribution in [1.29, 1.82) is 0 Å². The van der Waals surface area contributed by atoms with E-state index < -0.39 is 22.9 Å². The average molecular weight is 496 g/mol. The highest BCUT2D eigenvalue weighted by Gasteiger charge is 2.33. The van der Waals surface area contributed by atoms with Gasteiger partial charge in [0.1, 0.15) is 28.8 Å². The van der Waals surface area contributed by atoms with Gasteiger partial charge in [0.15, 0.2) is 5.56 Å². The van der Waals surface area contributed by atoms with Gasteiger partial charge >= 0.3 is 0 Å². The topological polar surface area (TPSA) is 93.9 Å². The fourth-order valence-electron chi connectivity index (χ4n) is 4.64. The van der Waals surface area contributed by atoms with Gasteiger partial charge in [-0.2, -0.15) is 4.98 Å². The minimum absolute atomic E-state index is 0.00464. The molecule has 1 aliphatic heterocycles. The summed E-state index contributed by atoms with van der Waals surface area (Å²) in [6.45, 7) is 2.75. The number of halogens is 1. The van der Waals surface area contributed by atoms with Gasteiger partial charge in [-0.15, -0.1) is 0 Å². The number of aromatic nitrogens is 2. The maximum atomic E-state index is 13.9. The quantitative estimate of drug-likeness (QED) is 0.507. The molecular formula is C27H30FN3O5. The Morgan fingerprint density at radius 1 is 1.14 bits per heavy atom. The molecule has 36 heavy (non-hydrogen) atoms. The van der Waals surface area contributed by atoms with E-state index in [0.717, 1.165) is 18.4 Å². The molecular weight excluding hydrogens is 465 g/mol. The number of amides is 1.